The number of ether oxygens (including phenoxy) is 1. The molecule has 3 aromatic heterocycles. The molecule has 3 aromatic rings. The first kappa shape index (κ1) is 15.9. The number of hydrogen-bond donors (Lipinski definition) is 2. The first-order valence-corrected chi connectivity index (χ1v) is 8.66. The normalized spacial score (nSPS) is 24.2. The predicted octanol–water partition coefficient (Wildman–Crippen LogP) is 1.48. The summed E-state index contributed by atoms with van der Waals surface area (Å²) in [4.78, 5) is 25.3. The van der Waals surface area contributed by atoms with E-state index in [2.05, 4.69) is 30.7 Å². The van der Waals surface area contributed by atoms with Gasteiger partial charge < -0.3 is 15.4 Å². The third kappa shape index (κ3) is 2.73. The molecular formula is C17H16FN7O2. The fourth-order valence-corrected chi connectivity index (χ4v) is 3.34. The van der Waals surface area contributed by atoms with Crippen LogP contribution in [-0.2, 0) is 0 Å². The number of aromatic nitrogens is 5. The average molecular weight is 369 g/mol. The molecule has 0 saturated heterocycles. The molecule has 4 bridgehead atoms. The highest BCUT2D eigenvalue weighted by atomic mass is 19.1. The molecule has 0 unspecified atom stereocenters. The highest BCUT2D eigenvalue weighted by Crippen LogP contribution is 2.31. The summed E-state index contributed by atoms with van der Waals surface area (Å²) in [5, 5.41) is 10.2. The number of pyridine rings is 1. The fourth-order valence-electron chi connectivity index (χ4n) is 3.34. The number of amides is 1. The average Bonchev–Trinajstić information content (AvgIpc) is 3.03. The van der Waals surface area contributed by atoms with Crippen LogP contribution in [0.3, 0.4) is 0 Å². The minimum absolute atomic E-state index is 0.00106. The Labute approximate surface area is 153 Å². The van der Waals surface area contributed by atoms with E-state index in [1.54, 1.807) is 0 Å². The zero-order valence-corrected chi connectivity index (χ0v) is 14.4. The van der Waals surface area contributed by atoms with E-state index < -0.39 is 5.82 Å². The number of carbonyl (C=O) groups excluding carboxylic acids is 1. The van der Waals surface area contributed by atoms with Gasteiger partial charge in [-0.2, -0.15) is 10.1 Å². The van der Waals surface area contributed by atoms with E-state index in [4.69, 9.17) is 4.74 Å². The monoisotopic (exact) mass is 369 g/mol. The van der Waals surface area contributed by atoms with Crippen molar-refractivity contribution in [2.45, 2.75) is 38.0 Å². The molecule has 0 radical (unpaired) electrons. The smallest absolute Gasteiger partial charge is 0.256 e. The second kappa shape index (κ2) is 5.86. The first-order valence-electron chi connectivity index (χ1n) is 8.66. The van der Waals surface area contributed by atoms with Gasteiger partial charge in [-0.05, 0) is 13.0 Å². The van der Waals surface area contributed by atoms with Gasteiger partial charge in [-0.3, -0.25) is 4.79 Å². The Morgan fingerprint density at radius 1 is 1.26 bits per heavy atom. The zero-order chi connectivity index (χ0) is 18.5. The summed E-state index contributed by atoms with van der Waals surface area (Å²) in [6.07, 6.45) is 5.31. The van der Waals surface area contributed by atoms with Crippen LogP contribution in [0.1, 0.15) is 41.7 Å². The first-order chi connectivity index (χ1) is 13.1. The van der Waals surface area contributed by atoms with E-state index in [1.165, 1.54) is 23.1 Å². The number of nitrogens with one attached hydrogen (secondary N) is 2. The van der Waals surface area contributed by atoms with Crippen molar-refractivity contribution >= 4 is 17.5 Å². The highest BCUT2D eigenvalue weighted by molar-refractivity contribution is 5.99. The molecule has 1 atom stereocenters. The van der Waals surface area contributed by atoms with Gasteiger partial charge in [0.1, 0.15) is 23.8 Å². The maximum atomic E-state index is 13.8. The Morgan fingerprint density at radius 3 is 2.96 bits per heavy atom. The molecule has 27 heavy (non-hydrogen) atoms. The van der Waals surface area contributed by atoms with Crippen molar-refractivity contribution in [2.75, 3.05) is 5.32 Å². The minimum atomic E-state index is -0.444. The molecule has 2 aliphatic heterocycles. The molecule has 1 saturated carbocycles. The van der Waals surface area contributed by atoms with E-state index in [1.807, 2.05) is 6.92 Å². The van der Waals surface area contributed by atoms with E-state index in [9.17, 15) is 9.18 Å². The SMILES string of the molecule is C[C@H]1Nc2ncn3ncc(c3n2)C(=O)N[C@H]2C[C@H](C2)Oc2ncc(F)cc21. The van der Waals surface area contributed by atoms with Gasteiger partial charge in [-0.1, -0.05) is 0 Å². The van der Waals surface area contributed by atoms with Crippen molar-refractivity contribution in [1.29, 1.82) is 0 Å². The van der Waals surface area contributed by atoms with E-state index in [-0.39, 0.29) is 24.1 Å². The molecule has 2 N–H and O–H groups in total. The number of fused-ring (bicyclic) bond motifs is 2. The highest BCUT2D eigenvalue weighted by Gasteiger charge is 2.34. The Bertz CT molecular complexity index is 1050. The molecule has 138 valence electrons. The Morgan fingerprint density at radius 2 is 2.11 bits per heavy atom. The zero-order valence-electron chi connectivity index (χ0n) is 14.4. The minimum Gasteiger partial charge on any atom is -0.474 e. The molecule has 3 aliphatic rings. The van der Waals surface area contributed by atoms with Crippen LogP contribution in [0.5, 0.6) is 5.88 Å². The molecule has 1 aliphatic carbocycles. The maximum absolute atomic E-state index is 13.8. The summed E-state index contributed by atoms with van der Waals surface area (Å²) in [5.74, 6) is -0.0135. The lowest BCUT2D eigenvalue weighted by Crippen LogP contribution is -2.49. The van der Waals surface area contributed by atoms with Crippen molar-refractivity contribution in [2.24, 2.45) is 0 Å². The molecule has 0 aromatic carbocycles. The Hall–Kier alpha value is -3.30. The summed E-state index contributed by atoms with van der Waals surface area (Å²) >= 11 is 0. The van der Waals surface area contributed by atoms with E-state index >= 15 is 0 Å². The quantitative estimate of drug-likeness (QED) is 0.618. The summed E-state index contributed by atoms with van der Waals surface area (Å²) < 4.78 is 21.2. The lowest BCUT2D eigenvalue weighted by atomic mass is 9.89. The van der Waals surface area contributed by atoms with Gasteiger partial charge in [0.2, 0.25) is 11.8 Å². The van der Waals surface area contributed by atoms with Crippen molar-refractivity contribution in [3.05, 3.63) is 41.7 Å². The largest absolute Gasteiger partial charge is 0.474 e. The van der Waals surface area contributed by atoms with Gasteiger partial charge in [0.15, 0.2) is 5.65 Å². The van der Waals surface area contributed by atoms with Gasteiger partial charge in [0.05, 0.1) is 18.4 Å². The van der Waals surface area contributed by atoms with Crippen molar-refractivity contribution in [3.8, 4) is 5.88 Å². The van der Waals surface area contributed by atoms with Gasteiger partial charge in [0, 0.05) is 24.4 Å². The standard InChI is InChI=1S/C17H16FN7O2/c1-8-12-2-9(18)5-19-16(12)27-11-3-10(4-11)23-15(26)13-6-21-25-7-20-17(22-8)24-14(13)25/h2,5-8,10-11H,3-4H2,1H3,(H,22,24)(H,23,26)/t8-,10-,11+/m1/s1. The van der Waals surface area contributed by atoms with E-state index in [0.29, 0.717) is 41.4 Å². The van der Waals surface area contributed by atoms with Crippen LogP contribution >= 0.6 is 0 Å². The third-order valence-corrected chi connectivity index (χ3v) is 4.88. The third-order valence-electron chi connectivity index (χ3n) is 4.88. The molecular weight excluding hydrogens is 353 g/mol. The predicted molar refractivity (Wildman–Crippen MR) is 91.9 cm³/mol. The molecule has 1 amide bonds. The van der Waals surface area contributed by atoms with E-state index in [0.717, 1.165) is 6.20 Å². The lowest BCUT2D eigenvalue weighted by molar-refractivity contribution is 0.0671. The van der Waals surface area contributed by atoms with Crippen LogP contribution in [0.4, 0.5) is 10.3 Å². The number of rotatable bonds is 0. The number of halogens is 1. The van der Waals surface area contributed by atoms with Crippen LogP contribution in [0.15, 0.2) is 24.8 Å². The molecule has 0 spiro atoms. The van der Waals surface area contributed by atoms with Crippen LogP contribution in [0, 0.1) is 5.82 Å². The van der Waals surface area contributed by atoms with Crippen molar-refractivity contribution < 1.29 is 13.9 Å². The van der Waals surface area contributed by atoms with Crippen molar-refractivity contribution in [1.82, 2.24) is 29.9 Å². The Kier molecular flexibility index (Phi) is 3.46. The maximum Gasteiger partial charge on any atom is 0.256 e. The lowest BCUT2D eigenvalue weighted by Gasteiger charge is -2.36. The van der Waals surface area contributed by atoms with Crippen LogP contribution < -0.4 is 15.4 Å². The topological polar surface area (TPSA) is 106 Å². The molecule has 5 heterocycles. The summed E-state index contributed by atoms with van der Waals surface area (Å²) in [5.41, 5.74) is 1.36. The number of hydrogen-bond acceptors (Lipinski definition) is 7. The van der Waals surface area contributed by atoms with Crippen molar-refractivity contribution in [3.63, 3.8) is 0 Å². The van der Waals surface area contributed by atoms with Gasteiger partial charge in [-0.25, -0.2) is 18.9 Å². The molecule has 9 nitrogen and oxygen atoms in total. The molecule has 6 rings (SSSR count). The van der Waals surface area contributed by atoms with Gasteiger partial charge in [0.25, 0.3) is 5.91 Å². The summed E-state index contributed by atoms with van der Waals surface area (Å²) in [6, 6.07) is 1.04. The summed E-state index contributed by atoms with van der Waals surface area (Å²) in [6.45, 7) is 1.84. The van der Waals surface area contributed by atoms with Crippen LogP contribution in [0.2, 0.25) is 0 Å². The van der Waals surface area contributed by atoms with Crippen LogP contribution in [0.25, 0.3) is 5.65 Å². The van der Waals surface area contributed by atoms with Crippen LogP contribution in [-0.4, -0.2) is 42.6 Å². The summed E-state index contributed by atoms with van der Waals surface area (Å²) in [7, 11) is 0. The second-order valence-electron chi connectivity index (χ2n) is 6.80. The van der Waals surface area contributed by atoms with Gasteiger partial charge in [-0.15, -0.1) is 0 Å². The van der Waals surface area contributed by atoms with Gasteiger partial charge >= 0.3 is 0 Å². The fraction of sp³-hybridized carbons (Fsp3) is 0.353. The number of carbonyl (C=O) groups is 1. The molecule has 10 heteroatoms. The second-order valence-corrected chi connectivity index (χ2v) is 6.80. The number of nitrogens with zero attached hydrogens (tertiary/aromatic N) is 5. The number of anilines is 1. The molecule has 1 fully saturated rings. The Balaban J connectivity index is 1.60.